The Hall–Kier alpha value is -1.35. The van der Waals surface area contributed by atoms with Crippen molar-refractivity contribution in [1.29, 1.82) is 0 Å². The largest absolute Gasteiger partial charge is 0.338 e. The lowest BCUT2D eigenvalue weighted by atomic mass is 9.99. The molecule has 1 heterocycles. The zero-order chi connectivity index (χ0) is 14.0. The highest BCUT2D eigenvalue weighted by atomic mass is 16.2. The smallest absolute Gasteiger partial charge is 0.254 e. The Bertz CT molecular complexity index is 459. The number of rotatable bonds is 3. The molecule has 0 radical (unpaired) electrons. The van der Waals surface area contributed by atoms with E-state index in [0.29, 0.717) is 5.92 Å². The Morgan fingerprint density at radius 3 is 2.53 bits per heavy atom. The van der Waals surface area contributed by atoms with E-state index in [4.69, 9.17) is 5.73 Å². The van der Waals surface area contributed by atoms with Crippen LogP contribution in [0.3, 0.4) is 0 Å². The molecule has 1 aliphatic heterocycles. The molecule has 1 aromatic rings. The summed E-state index contributed by atoms with van der Waals surface area (Å²) in [6, 6.07) is 4.18. The lowest BCUT2D eigenvalue weighted by Crippen LogP contribution is -2.30. The van der Waals surface area contributed by atoms with Crippen LogP contribution in [0.4, 0.5) is 0 Å². The molecular weight excluding hydrogens is 236 g/mol. The van der Waals surface area contributed by atoms with Crippen LogP contribution in [0.5, 0.6) is 0 Å². The number of carbonyl (C=O) groups excluding carboxylic acids is 1. The lowest BCUT2D eigenvalue weighted by Gasteiger charge is -2.19. The van der Waals surface area contributed by atoms with E-state index in [-0.39, 0.29) is 5.91 Å². The first-order valence-electron chi connectivity index (χ1n) is 7.10. The second-order valence-corrected chi connectivity index (χ2v) is 5.76. The van der Waals surface area contributed by atoms with Gasteiger partial charge in [-0.05, 0) is 57.2 Å². The van der Waals surface area contributed by atoms with E-state index in [2.05, 4.69) is 19.1 Å². The van der Waals surface area contributed by atoms with E-state index in [9.17, 15) is 4.79 Å². The van der Waals surface area contributed by atoms with Crippen LogP contribution in [-0.2, 0) is 0 Å². The molecule has 0 bridgehead atoms. The molecule has 1 aliphatic rings. The van der Waals surface area contributed by atoms with E-state index in [1.54, 1.807) is 0 Å². The second-order valence-electron chi connectivity index (χ2n) is 5.76. The first kappa shape index (κ1) is 14.1. The van der Waals surface area contributed by atoms with Crippen LogP contribution in [0.25, 0.3) is 0 Å². The molecule has 0 aromatic heterocycles. The summed E-state index contributed by atoms with van der Waals surface area (Å²) in [5, 5.41) is 0. The third-order valence-electron chi connectivity index (χ3n) is 4.04. The van der Waals surface area contributed by atoms with Gasteiger partial charge in [-0.25, -0.2) is 0 Å². The fourth-order valence-electron chi connectivity index (χ4n) is 3.16. The van der Waals surface area contributed by atoms with Crippen molar-refractivity contribution < 1.29 is 4.79 Å². The van der Waals surface area contributed by atoms with Crippen molar-refractivity contribution in [2.75, 3.05) is 19.6 Å². The average molecular weight is 260 g/mol. The highest BCUT2D eigenvalue weighted by Crippen LogP contribution is 2.24. The summed E-state index contributed by atoms with van der Waals surface area (Å²) in [4.78, 5) is 14.6. The minimum absolute atomic E-state index is 0.189. The van der Waals surface area contributed by atoms with Crippen molar-refractivity contribution in [1.82, 2.24) is 4.90 Å². The summed E-state index contributed by atoms with van der Waals surface area (Å²) in [6.07, 6.45) is 2.11. The third-order valence-corrected chi connectivity index (χ3v) is 4.04. The van der Waals surface area contributed by atoms with E-state index < -0.39 is 0 Å². The molecule has 1 fully saturated rings. The summed E-state index contributed by atoms with van der Waals surface area (Å²) in [5.41, 5.74) is 9.88. The van der Waals surface area contributed by atoms with Gasteiger partial charge in [-0.2, -0.15) is 0 Å². The number of likely N-dealkylation sites (tertiary alicyclic amines) is 1. The monoisotopic (exact) mass is 260 g/mol. The van der Waals surface area contributed by atoms with Crippen LogP contribution in [-0.4, -0.2) is 30.4 Å². The molecule has 19 heavy (non-hydrogen) atoms. The number of nitrogens with zero attached hydrogens (tertiary/aromatic N) is 1. The number of carbonyl (C=O) groups is 1. The lowest BCUT2D eigenvalue weighted by molar-refractivity contribution is 0.0785. The van der Waals surface area contributed by atoms with Gasteiger partial charge < -0.3 is 10.6 Å². The van der Waals surface area contributed by atoms with E-state index in [0.717, 1.165) is 49.2 Å². The van der Waals surface area contributed by atoms with Crippen molar-refractivity contribution in [3.05, 3.63) is 34.4 Å². The molecule has 3 heteroatoms. The van der Waals surface area contributed by atoms with Crippen LogP contribution < -0.4 is 5.73 Å². The molecule has 1 saturated heterocycles. The number of hydrogen-bond donors (Lipinski definition) is 1. The number of nitrogens with two attached hydrogens (primary N) is 1. The van der Waals surface area contributed by atoms with Crippen molar-refractivity contribution in [3.63, 3.8) is 0 Å². The Morgan fingerprint density at radius 2 is 1.95 bits per heavy atom. The fraction of sp³-hybridized carbons (Fsp3) is 0.562. The highest BCUT2D eigenvalue weighted by molar-refractivity contribution is 5.97. The molecule has 1 atom stereocenters. The Morgan fingerprint density at radius 1 is 1.32 bits per heavy atom. The maximum atomic E-state index is 12.6. The zero-order valence-electron chi connectivity index (χ0n) is 12.2. The molecule has 0 spiro atoms. The van der Waals surface area contributed by atoms with Crippen LogP contribution >= 0.6 is 0 Å². The van der Waals surface area contributed by atoms with Gasteiger partial charge in [0.2, 0.25) is 0 Å². The number of hydrogen-bond acceptors (Lipinski definition) is 2. The molecule has 0 saturated carbocycles. The molecule has 1 unspecified atom stereocenters. The molecular formula is C16H24N2O. The Labute approximate surface area is 115 Å². The molecule has 0 aliphatic carbocycles. The predicted molar refractivity (Wildman–Crippen MR) is 78.3 cm³/mol. The topological polar surface area (TPSA) is 46.3 Å². The predicted octanol–water partition coefficient (Wildman–Crippen LogP) is 2.42. The van der Waals surface area contributed by atoms with Gasteiger partial charge in [0, 0.05) is 18.7 Å². The quantitative estimate of drug-likeness (QED) is 0.907. The maximum absolute atomic E-state index is 12.6. The SMILES string of the molecule is Cc1cc(C)c(C(=O)N2CCC(CCN)C2)c(C)c1. The number of benzene rings is 1. The fourth-order valence-corrected chi connectivity index (χ4v) is 3.16. The van der Waals surface area contributed by atoms with Gasteiger partial charge in [0.05, 0.1) is 0 Å². The molecule has 1 aromatic carbocycles. The summed E-state index contributed by atoms with van der Waals surface area (Å²) in [5.74, 6) is 0.773. The first-order valence-corrected chi connectivity index (χ1v) is 7.10. The van der Waals surface area contributed by atoms with Crippen LogP contribution in [0.2, 0.25) is 0 Å². The first-order chi connectivity index (χ1) is 9.02. The molecule has 2 N–H and O–H groups in total. The van der Waals surface area contributed by atoms with Gasteiger partial charge in [-0.15, -0.1) is 0 Å². The molecule has 1 amide bonds. The average Bonchev–Trinajstić information content (AvgIpc) is 2.76. The van der Waals surface area contributed by atoms with Crippen LogP contribution in [0, 0.1) is 26.7 Å². The minimum atomic E-state index is 0.189. The van der Waals surface area contributed by atoms with E-state index in [1.807, 2.05) is 18.7 Å². The summed E-state index contributed by atoms with van der Waals surface area (Å²) >= 11 is 0. The van der Waals surface area contributed by atoms with Crippen molar-refractivity contribution in [2.24, 2.45) is 11.7 Å². The van der Waals surface area contributed by atoms with Gasteiger partial charge in [-0.3, -0.25) is 4.79 Å². The van der Waals surface area contributed by atoms with Crippen LogP contribution in [0.15, 0.2) is 12.1 Å². The molecule has 104 valence electrons. The Balaban J connectivity index is 2.17. The van der Waals surface area contributed by atoms with Gasteiger partial charge in [0.1, 0.15) is 0 Å². The summed E-state index contributed by atoms with van der Waals surface area (Å²) in [7, 11) is 0. The normalized spacial score (nSPS) is 18.9. The van der Waals surface area contributed by atoms with E-state index in [1.165, 1.54) is 5.56 Å². The number of amides is 1. The van der Waals surface area contributed by atoms with Crippen LogP contribution in [0.1, 0.15) is 39.9 Å². The maximum Gasteiger partial charge on any atom is 0.254 e. The summed E-state index contributed by atoms with van der Waals surface area (Å²) < 4.78 is 0. The van der Waals surface area contributed by atoms with Crippen molar-refractivity contribution >= 4 is 5.91 Å². The summed E-state index contributed by atoms with van der Waals surface area (Å²) in [6.45, 7) is 8.58. The van der Waals surface area contributed by atoms with Gasteiger partial charge >= 0.3 is 0 Å². The minimum Gasteiger partial charge on any atom is -0.338 e. The highest BCUT2D eigenvalue weighted by Gasteiger charge is 2.27. The van der Waals surface area contributed by atoms with Gasteiger partial charge in [0.25, 0.3) is 5.91 Å². The molecule has 2 rings (SSSR count). The second kappa shape index (κ2) is 5.74. The third kappa shape index (κ3) is 2.98. The zero-order valence-corrected chi connectivity index (χ0v) is 12.2. The standard InChI is InChI=1S/C16H24N2O/c1-11-8-12(2)15(13(3)9-11)16(19)18-7-5-14(10-18)4-6-17/h8-9,14H,4-7,10,17H2,1-3H3. The van der Waals surface area contributed by atoms with Crippen molar-refractivity contribution in [2.45, 2.75) is 33.6 Å². The van der Waals surface area contributed by atoms with Gasteiger partial charge in [-0.1, -0.05) is 17.7 Å². The molecule has 3 nitrogen and oxygen atoms in total. The number of aryl methyl sites for hydroxylation is 3. The van der Waals surface area contributed by atoms with E-state index >= 15 is 0 Å². The Kier molecular flexibility index (Phi) is 4.25. The van der Waals surface area contributed by atoms with Crippen molar-refractivity contribution in [3.8, 4) is 0 Å². The van der Waals surface area contributed by atoms with Gasteiger partial charge in [0.15, 0.2) is 0 Å².